The summed E-state index contributed by atoms with van der Waals surface area (Å²) in [6, 6.07) is 15.2. The van der Waals surface area contributed by atoms with Crippen LogP contribution in [0.4, 0.5) is 0 Å². The van der Waals surface area contributed by atoms with E-state index < -0.39 is 0 Å². The number of carbonyl (C=O) groups excluding carboxylic acids is 1. The van der Waals surface area contributed by atoms with Crippen LogP contribution in [0.25, 0.3) is 5.57 Å². The molecule has 0 spiro atoms. The van der Waals surface area contributed by atoms with Gasteiger partial charge in [-0.1, -0.05) is 23.8 Å². The molecule has 26 heavy (non-hydrogen) atoms. The van der Waals surface area contributed by atoms with Gasteiger partial charge in [0.25, 0.3) is 5.91 Å². The molecule has 2 bridgehead atoms. The van der Waals surface area contributed by atoms with E-state index in [-0.39, 0.29) is 5.91 Å². The van der Waals surface area contributed by atoms with E-state index in [9.17, 15) is 4.79 Å². The number of hydrogen-bond acceptors (Lipinski definition) is 3. The van der Waals surface area contributed by atoms with Gasteiger partial charge in [0.15, 0.2) is 0 Å². The molecule has 2 atom stereocenters. The second kappa shape index (κ2) is 5.99. The number of nitrogens with one attached hydrogen (secondary N) is 2. The monoisotopic (exact) mass is 346 g/mol. The minimum absolute atomic E-state index is 0.0932. The molecule has 4 nitrogen and oxygen atoms in total. The summed E-state index contributed by atoms with van der Waals surface area (Å²) in [5.41, 5.74) is 5.72. The Balaban J connectivity index is 1.69. The smallest absolute Gasteiger partial charge is 0.251 e. The van der Waals surface area contributed by atoms with Crippen LogP contribution < -0.4 is 15.4 Å². The molecule has 0 aliphatic carbocycles. The lowest BCUT2D eigenvalue weighted by atomic mass is 9.84. The Labute approximate surface area is 153 Å². The van der Waals surface area contributed by atoms with E-state index in [2.05, 4.69) is 22.8 Å². The SMILES string of the molecule is CNC(=O)c1ccc2c(c1)Oc1ccccc1C2=C1CC2CCC(C1)N2. The number of ether oxygens (including phenoxy) is 1. The highest BCUT2D eigenvalue weighted by Gasteiger charge is 2.34. The van der Waals surface area contributed by atoms with Crippen molar-refractivity contribution >= 4 is 11.5 Å². The number of para-hydroxylation sites is 1. The van der Waals surface area contributed by atoms with Crippen molar-refractivity contribution in [3.63, 3.8) is 0 Å². The number of carbonyl (C=O) groups is 1. The number of amides is 1. The summed E-state index contributed by atoms with van der Waals surface area (Å²) in [6.45, 7) is 0. The maximum atomic E-state index is 12.0. The first-order chi connectivity index (χ1) is 12.7. The molecule has 2 saturated heterocycles. The molecule has 0 radical (unpaired) electrons. The lowest BCUT2D eigenvalue weighted by Gasteiger charge is -2.30. The molecule has 132 valence electrons. The summed E-state index contributed by atoms with van der Waals surface area (Å²) in [5, 5.41) is 6.41. The Bertz CT molecular complexity index is 917. The summed E-state index contributed by atoms with van der Waals surface area (Å²) in [7, 11) is 1.65. The predicted molar refractivity (Wildman–Crippen MR) is 102 cm³/mol. The molecule has 4 heteroatoms. The van der Waals surface area contributed by atoms with Gasteiger partial charge in [-0.3, -0.25) is 4.79 Å². The molecule has 3 heterocycles. The minimum atomic E-state index is -0.0932. The van der Waals surface area contributed by atoms with E-state index in [1.54, 1.807) is 7.05 Å². The topological polar surface area (TPSA) is 50.4 Å². The van der Waals surface area contributed by atoms with Gasteiger partial charge in [-0.2, -0.15) is 0 Å². The van der Waals surface area contributed by atoms with Crippen molar-refractivity contribution in [2.24, 2.45) is 0 Å². The zero-order valence-corrected chi connectivity index (χ0v) is 14.8. The van der Waals surface area contributed by atoms with Crippen molar-refractivity contribution in [3.8, 4) is 11.5 Å². The summed E-state index contributed by atoms with van der Waals surface area (Å²) >= 11 is 0. The normalized spacial score (nSPS) is 23.1. The zero-order chi connectivity index (χ0) is 17.7. The van der Waals surface area contributed by atoms with Gasteiger partial charge in [-0.25, -0.2) is 0 Å². The maximum absolute atomic E-state index is 12.0. The Hall–Kier alpha value is -2.59. The molecule has 3 aliphatic rings. The van der Waals surface area contributed by atoms with Crippen molar-refractivity contribution in [2.45, 2.75) is 37.8 Å². The lowest BCUT2D eigenvalue weighted by molar-refractivity contribution is 0.0963. The molecular weight excluding hydrogens is 324 g/mol. The van der Waals surface area contributed by atoms with Crippen molar-refractivity contribution in [3.05, 3.63) is 64.7 Å². The molecule has 2 fully saturated rings. The molecule has 2 N–H and O–H groups in total. The first kappa shape index (κ1) is 15.6. The number of fused-ring (bicyclic) bond motifs is 4. The number of rotatable bonds is 1. The molecule has 3 aliphatic heterocycles. The van der Waals surface area contributed by atoms with Gasteiger partial charge in [0, 0.05) is 35.8 Å². The Kier molecular flexibility index (Phi) is 3.61. The Morgan fingerprint density at radius 1 is 1.04 bits per heavy atom. The average Bonchev–Trinajstić information content (AvgIpc) is 3.02. The third kappa shape index (κ3) is 2.44. The molecule has 1 amide bonds. The molecular formula is C22H22N2O2. The van der Waals surface area contributed by atoms with Gasteiger partial charge in [0.1, 0.15) is 11.5 Å². The van der Waals surface area contributed by atoms with Gasteiger partial charge in [0.2, 0.25) is 0 Å². The van der Waals surface area contributed by atoms with E-state index in [0.29, 0.717) is 17.6 Å². The summed E-state index contributed by atoms with van der Waals surface area (Å²) in [4.78, 5) is 12.0. The summed E-state index contributed by atoms with van der Waals surface area (Å²) < 4.78 is 6.17. The molecule has 2 unspecified atom stereocenters. The molecule has 5 rings (SSSR count). The lowest BCUT2D eigenvalue weighted by Crippen LogP contribution is -2.35. The average molecular weight is 346 g/mol. The third-order valence-corrected chi connectivity index (χ3v) is 5.79. The fourth-order valence-corrected chi connectivity index (χ4v) is 4.61. The first-order valence-corrected chi connectivity index (χ1v) is 9.35. The molecule has 2 aromatic carbocycles. The van der Waals surface area contributed by atoms with Crippen LogP contribution in [0.3, 0.4) is 0 Å². The van der Waals surface area contributed by atoms with Gasteiger partial charge in [0.05, 0.1) is 0 Å². The van der Waals surface area contributed by atoms with E-state index in [1.807, 2.05) is 30.3 Å². The zero-order valence-electron chi connectivity index (χ0n) is 14.8. The number of benzene rings is 2. The Morgan fingerprint density at radius 2 is 1.77 bits per heavy atom. The molecule has 0 aromatic heterocycles. The Morgan fingerprint density at radius 3 is 2.54 bits per heavy atom. The largest absolute Gasteiger partial charge is 0.456 e. The highest BCUT2D eigenvalue weighted by molar-refractivity contribution is 5.97. The standard InChI is InChI=1S/C22H22N2O2/c1-23-22(25)13-6-9-18-20(12-13)26-19-5-3-2-4-17(19)21(18)14-10-15-7-8-16(11-14)24-15/h2-6,9,12,15-16,24H,7-8,10-11H2,1H3,(H,23,25). The first-order valence-electron chi connectivity index (χ1n) is 9.35. The molecule has 2 aromatic rings. The van der Waals surface area contributed by atoms with E-state index in [0.717, 1.165) is 29.9 Å². The van der Waals surface area contributed by atoms with Crippen LogP contribution in [-0.4, -0.2) is 25.0 Å². The third-order valence-electron chi connectivity index (χ3n) is 5.79. The van der Waals surface area contributed by atoms with Crippen LogP contribution in [0.5, 0.6) is 11.5 Å². The van der Waals surface area contributed by atoms with Gasteiger partial charge in [-0.15, -0.1) is 0 Å². The quantitative estimate of drug-likeness (QED) is 0.703. The highest BCUT2D eigenvalue weighted by Crippen LogP contribution is 2.48. The van der Waals surface area contributed by atoms with Crippen molar-refractivity contribution < 1.29 is 9.53 Å². The second-order valence-corrected chi connectivity index (χ2v) is 7.41. The van der Waals surface area contributed by atoms with Gasteiger partial charge >= 0.3 is 0 Å². The minimum Gasteiger partial charge on any atom is -0.456 e. The summed E-state index contributed by atoms with van der Waals surface area (Å²) in [6.07, 6.45) is 4.72. The van der Waals surface area contributed by atoms with Crippen LogP contribution >= 0.6 is 0 Å². The fraction of sp³-hybridized carbons (Fsp3) is 0.318. The highest BCUT2D eigenvalue weighted by atomic mass is 16.5. The van der Waals surface area contributed by atoms with Crippen LogP contribution in [0, 0.1) is 0 Å². The van der Waals surface area contributed by atoms with E-state index in [4.69, 9.17) is 4.74 Å². The van der Waals surface area contributed by atoms with Crippen LogP contribution in [0.1, 0.15) is 47.2 Å². The second-order valence-electron chi connectivity index (χ2n) is 7.41. The maximum Gasteiger partial charge on any atom is 0.251 e. The molecule has 0 saturated carbocycles. The summed E-state index contributed by atoms with van der Waals surface area (Å²) in [5.74, 6) is 1.56. The van der Waals surface area contributed by atoms with Crippen molar-refractivity contribution in [1.82, 2.24) is 10.6 Å². The van der Waals surface area contributed by atoms with E-state index >= 15 is 0 Å². The van der Waals surface area contributed by atoms with Gasteiger partial charge in [-0.05, 0) is 55.5 Å². The number of piperidine rings is 1. The fourth-order valence-electron chi connectivity index (χ4n) is 4.61. The van der Waals surface area contributed by atoms with Crippen molar-refractivity contribution in [1.29, 1.82) is 0 Å². The van der Waals surface area contributed by atoms with Gasteiger partial charge < -0.3 is 15.4 Å². The van der Waals surface area contributed by atoms with Crippen molar-refractivity contribution in [2.75, 3.05) is 7.05 Å². The van der Waals surface area contributed by atoms with Crippen LogP contribution in [0.15, 0.2) is 48.0 Å². The van der Waals surface area contributed by atoms with Crippen LogP contribution in [0.2, 0.25) is 0 Å². The van der Waals surface area contributed by atoms with E-state index in [1.165, 1.54) is 29.6 Å². The van der Waals surface area contributed by atoms with Crippen LogP contribution in [-0.2, 0) is 0 Å². The number of hydrogen-bond donors (Lipinski definition) is 2. The predicted octanol–water partition coefficient (Wildman–Crippen LogP) is 3.87.